The number of aliphatic hydroxyl groups excluding tert-OH is 1. The molecule has 0 spiro atoms. The minimum absolute atomic E-state index is 0.00859. The maximum Gasteiger partial charge on any atom is 0.226 e. The fourth-order valence-corrected chi connectivity index (χ4v) is 4.01. The molecule has 0 bridgehead atoms. The summed E-state index contributed by atoms with van der Waals surface area (Å²) >= 11 is 0. The Kier molecular flexibility index (Phi) is 8.11. The second-order valence-electron chi connectivity index (χ2n) is 7.70. The van der Waals surface area contributed by atoms with Crippen LogP contribution in [0.3, 0.4) is 0 Å². The van der Waals surface area contributed by atoms with Crippen LogP contribution in [0.1, 0.15) is 24.0 Å². The Hall–Kier alpha value is -2.57. The first kappa shape index (κ1) is 22.1. The average Bonchev–Trinajstić information content (AvgIpc) is 2.80. The van der Waals surface area contributed by atoms with Gasteiger partial charge in [0.25, 0.3) is 0 Å². The van der Waals surface area contributed by atoms with Crippen LogP contribution in [0, 0.1) is 5.92 Å². The van der Waals surface area contributed by atoms with Crippen LogP contribution in [0.2, 0.25) is 0 Å². The zero-order chi connectivity index (χ0) is 21.3. The maximum atomic E-state index is 13.1. The molecule has 30 heavy (non-hydrogen) atoms. The molecule has 0 aliphatic carbocycles. The number of hydrogen-bond donors (Lipinski definition) is 1. The molecule has 162 valence electrons. The molecule has 6 nitrogen and oxygen atoms in total. The Morgan fingerprint density at radius 1 is 1.10 bits per heavy atom. The van der Waals surface area contributed by atoms with Crippen LogP contribution in [0.15, 0.2) is 48.5 Å². The van der Waals surface area contributed by atoms with Crippen molar-refractivity contribution in [2.24, 2.45) is 5.92 Å². The quantitative estimate of drug-likeness (QED) is 0.686. The fraction of sp³-hybridized carbons (Fsp3) is 0.458. The Bertz CT molecular complexity index is 804. The first-order valence-corrected chi connectivity index (χ1v) is 10.5. The minimum atomic E-state index is -0.0192. The number of carbonyl (C=O) groups excluding carboxylic acids is 1. The number of carbonyl (C=O) groups is 1. The Labute approximate surface area is 179 Å². The molecule has 3 rings (SSSR count). The number of likely N-dealkylation sites (tertiary alicyclic amines) is 1. The molecule has 0 aromatic heterocycles. The fourth-order valence-electron chi connectivity index (χ4n) is 4.01. The average molecular weight is 413 g/mol. The number of rotatable bonds is 9. The molecule has 2 aromatic rings. The van der Waals surface area contributed by atoms with Crippen molar-refractivity contribution in [3.8, 4) is 11.5 Å². The largest absolute Gasteiger partial charge is 0.497 e. The topological polar surface area (TPSA) is 62.2 Å². The Balaban J connectivity index is 1.56. The molecule has 2 aromatic carbocycles. The number of hydrogen-bond acceptors (Lipinski definition) is 5. The highest BCUT2D eigenvalue weighted by molar-refractivity contribution is 5.79. The maximum absolute atomic E-state index is 13.1. The summed E-state index contributed by atoms with van der Waals surface area (Å²) in [5, 5.41) is 9.43. The summed E-state index contributed by atoms with van der Waals surface area (Å²) in [6.07, 6.45) is 1.65. The zero-order valence-corrected chi connectivity index (χ0v) is 17.9. The van der Waals surface area contributed by atoms with Gasteiger partial charge in [0.1, 0.15) is 11.5 Å². The van der Waals surface area contributed by atoms with Gasteiger partial charge in [-0.1, -0.05) is 36.4 Å². The van der Waals surface area contributed by atoms with Crippen LogP contribution in [0.25, 0.3) is 0 Å². The van der Waals surface area contributed by atoms with Gasteiger partial charge < -0.3 is 19.5 Å². The number of aliphatic hydroxyl groups is 1. The van der Waals surface area contributed by atoms with E-state index >= 15 is 0 Å². The van der Waals surface area contributed by atoms with Crippen molar-refractivity contribution in [1.29, 1.82) is 0 Å². The molecule has 6 heteroatoms. The number of benzene rings is 2. The molecule has 0 saturated carbocycles. The van der Waals surface area contributed by atoms with Crippen LogP contribution >= 0.6 is 0 Å². The highest BCUT2D eigenvalue weighted by atomic mass is 16.5. The van der Waals surface area contributed by atoms with E-state index < -0.39 is 0 Å². The van der Waals surface area contributed by atoms with Gasteiger partial charge in [-0.2, -0.15) is 0 Å². The van der Waals surface area contributed by atoms with Crippen molar-refractivity contribution in [3.05, 3.63) is 59.7 Å². The molecule has 1 aliphatic heterocycles. The molecule has 1 heterocycles. The SMILES string of the molecule is COc1ccc(CN2CCC(C(=O)N(CCO)Cc3ccccc3)CC2)c(OC)c1. The summed E-state index contributed by atoms with van der Waals surface area (Å²) in [6.45, 7) is 3.42. The summed E-state index contributed by atoms with van der Waals surface area (Å²) < 4.78 is 10.8. The number of amides is 1. The van der Waals surface area contributed by atoms with E-state index in [0.29, 0.717) is 13.1 Å². The summed E-state index contributed by atoms with van der Waals surface area (Å²) in [6, 6.07) is 15.8. The normalized spacial score (nSPS) is 15.0. The van der Waals surface area contributed by atoms with E-state index in [9.17, 15) is 9.90 Å². The number of methoxy groups -OCH3 is 2. The molecular formula is C24H32N2O4. The lowest BCUT2D eigenvalue weighted by molar-refractivity contribution is -0.138. The van der Waals surface area contributed by atoms with E-state index in [-0.39, 0.29) is 18.4 Å². The molecule has 1 saturated heterocycles. The van der Waals surface area contributed by atoms with Gasteiger partial charge in [-0.3, -0.25) is 9.69 Å². The number of nitrogens with zero attached hydrogens (tertiary/aromatic N) is 2. The minimum Gasteiger partial charge on any atom is -0.497 e. The molecule has 1 amide bonds. The van der Waals surface area contributed by atoms with Gasteiger partial charge in [0, 0.05) is 37.2 Å². The molecule has 1 N–H and O–H groups in total. The predicted octanol–water partition coefficient (Wildman–Crippen LogP) is 2.94. The van der Waals surface area contributed by atoms with Gasteiger partial charge in [-0.25, -0.2) is 0 Å². The Morgan fingerprint density at radius 3 is 2.47 bits per heavy atom. The lowest BCUT2D eigenvalue weighted by Gasteiger charge is -2.34. The number of piperidine rings is 1. The van der Waals surface area contributed by atoms with Crippen molar-refractivity contribution in [1.82, 2.24) is 9.80 Å². The van der Waals surface area contributed by atoms with Gasteiger partial charge in [-0.05, 0) is 37.6 Å². The van der Waals surface area contributed by atoms with E-state index in [2.05, 4.69) is 4.90 Å². The summed E-state index contributed by atoms with van der Waals surface area (Å²) in [7, 11) is 3.32. The van der Waals surface area contributed by atoms with Crippen LogP contribution in [-0.2, 0) is 17.9 Å². The molecule has 1 fully saturated rings. The lowest BCUT2D eigenvalue weighted by Crippen LogP contribution is -2.43. The van der Waals surface area contributed by atoms with Crippen LogP contribution < -0.4 is 9.47 Å². The van der Waals surface area contributed by atoms with Gasteiger partial charge in [-0.15, -0.1) is 0 Å². The van der Waals surface area contributed by atoms with Crippen molar-refractivity contribution in [2.45, 2.75) is 25.9 Å². The third kappa shape index (κ3) is 5.74. The highest BCUT2D eigenvalue weighted by Gasteiger charge is 2.28. The molecule has 1 aliphatic rings. The van der Waals surface area contributed by atoms with E-state index in [1.54, 1.807) is 19.1 Å². The summed E-state index contributed by atoms with van der Waals surface area (Å²) in [4.78, 5) is 17.2. The van der Waals surface area contributed by atoms with E-state index in [4.69, 9.17) is 9.47 Å². The molecule has 0 atom stereocenters. The summed E-state index contributed by atoms with van der Waals surface area (Å²) in [5.41, 5.74) is 2.21. The smallest absolute Gasteiger partial charge is 0.226 e. The van der Waals surface area contributed by atoms with Crippen molar-refractivity contribution < 1.29 is 19.4 Å². The second kappa shape index (κ2) is 11.0. The highest BCUT2D eigenvalue weighted by Crippen LogP contribution is 2.28. The first-order chi connectivity index (χ1) is 14.6. The lowest BCUT2D eigenvalue weighted by atomic mass is 9.94. The van der Waals surface area contributed by atoms with Crippen LogP contribution in [0.5, 0.6) is 11.5 Å². The standard InChI is InChI=1S/C24H32N2O4/c1-29-22-9-8-21(23(16-22)30-2)18-25-12-10-20(11-13-25)24(28)26(14-15-27)17-19-6-4-3-5-7-19/h3-9,16,20,27H,10-15,17-18H2,1-2H3. The van der Waals surface area contributed by atoms with Crippen molar-refractivity contribution in [3.63, 3.8) is 0 Å². The molecule has 0 radical (unpaired) electrons. The van der Waals surface area contributed by atoms with Crippen LogP contribution in [-0.4, -0.2) is 61.3 Å². The predicted molar refractivity (Wildman–Crippen MR) is 116 cm³/mol. The first-order valence-electron chi connectivity index (χ1n) is 10.5. The van der Waals surface area contributed by atoms with Crippen LogP contribution in [0.4, 0.5) is 0 Å². The van der Waals surface area contributed by atoms with Gasteiger partial charge in [0.15, 0.2) is 0 Å². The Morgan fingerprint density at radius 2 is 1.83 bits per heavy atom. The number of ether oxygens (including phenoxy) is 2. The van der Waals surface area contributed by atoms with Gasteiger partial charge >= 0.3 is 0 Å². The third-order valence-corrected chi connectivity index (χ3v) is 5.72. The molecule has 0 unspecified atom stereocenters. The van der Waals surface area contributed by atoms with E-state index in [1.807, 2.05) is 48.5 Å². The van der Waals surface area contributed by atoms with E-state index in [1.165, 1.54) is 0 Å². The monoisotopic (exact) mass is 412 g/mol. The third-order valence-electron chi connectivity index (χ3n) is 5.72. The zero-order valence-electron chi connectivity index (χ0n) is 17.9. The van der Waals surface area contributed by atoms with Crippen molar-refractivity contribution in [2.75, 3.05) is 40.5 Å². The van der Waals surface area contributed by atoms with Gasteiger partial charge in [0.05, 0.1) is 20.8 Å². The van der Waals surface area contributed by atoms with E-state index in [0.717, 1.165) is 55.1 Å². The second-order valence-corrected chi connectivity index (χ2v) is 7.70. The van der Waals surface area contributed by atoms with Gasteiger partial charge in [0.2, 0.25) is 5.91 Å². The summed E-state index contributed by atoms with van der Waals surface area (Å²) in [5.74, 6) is 1.76. The molecular weight excluding hydrogens is 380 g/mol. The van der Waals surface area contributed by atoms with Crippen molar-refractivity contribution >= 4 is 5.91 Å².